The lowest BCUT2D eigenvalue weighted by atomic mass is 10.1. The van der Waals surface area contributed by atoms with Crippen molar-refractivity contribution in [1.29, 1.82) is 0 Å². The first-order chi connectivity index (χ1) is 10.2. The van der Waals surface area contributed by atoms with Crippen molar-refractivity contribution in [2.24, 2.45) is 5.73 Å². The van der Waals surface area contributed by atoms with E-state index < -0.39 is 0 Å². The van der Waals surface area contributed by atoms with Gasteiger partial charge in [0.05, 0.1) is 0 Å². The number of aryl methyl sites for hydroxylation is 1. The maximum atomic E-state index is 6.17. The molecule has 0 amide bonds. The zero-order valence-electron chi connectivity index (χ0n) is 11.9. The van der Waals surface area contributed by atoms with Crippen LogP contribution < -0.4 is 5.73 Å². The van der Waals surface area contributed by atoms with E-state index in [0.717, 1.165) is 11.1 Å². The summed E-state index contributed by atoms with van der Waals surface area (Å²) in [6.07, 6.45) is 0.531. The molecule has 0 aliphatic rings. The zero-order chi connectivity index (χ0) is 14.7. The third-order valence-electron chi connectivity index (χ3n) is 3.37. The predicted molar refractivity (Wildman–Crippen MR) is 81.5 cm³/mol. The van der Waals surface area contributed by atoms with Crippen LogP contribution in [-0.4, -0.2) is 10.1 Å². The standard InChI is InChI=1S/C17H17N3O/c1-12-6-5-9-14(10-12)17-19-16(21-20-17)11-15(18)13-7-3-2-4-8-13/h2-10,15H,11,18H2,1H3. The van der Waals surface area contributed by atoms with E-state index in [1.54, 1.807) is 0 Å². The van der Waals surface area contributed by atoms with E-state index in [4.69, 9.17) is 10.3 Å². The van der Waals surface area contributed by atoms with Crippen molar-refractivity contribution in [2.75, 3.05) is 0 Å². The van der Waals surface area contributed by atoms with Gasteiger partial charge in [-0.3, -0.25) is 0 Å². The van der Waals surface area contributed by atoms with E-state index in [9.17, 15) is 0 Å². The highest BCUT2D eigenvalue weighted by molar-refractivity contribution is 5.55. The van der Waals surface area contributed by atoms with Crippen molar-refractivity contribution >= 4 is 0 Å². The molecule has 0 spiro atoms. The van der Waals surface area contributed by atoms with Crippen LogP contribution in [0.5, 0.6) is 0 Å². The lowest BCUT2D eigenvalue weighted by Crippen LogP contribution is -2.13. The van der Waals surface area contributed by atoms with Crippen molar-refractivity contribution in [3.05, 3.63) is 71.6 Å². The SMILES string of the molecule is Cc1cccc(-c2noc(CC(N)c3ccccc3)n2)c1. The molecular weight excluding hydrogens is 262 g/mol. The molecule has 0 aliphatic carbocycles. The topological polar surface area (TPSA) is 64.9 Å². The summed E-state index contributed by atoms with van der Waals surface area (Å²) in [5, 5.41) is 4.03. The van der Waals surface area contributed by atoms with Gasteiger partial charge < -0.3 is 10.3 Å². The first-order valence-corrected chi connectivity index (χ1v) is 6.92. The summed E-state index contributed by atoms with van der Waals surface area (Å²) >= 11 is 0. The molecule has 3 rings (SSSR count). The highest BCUT2D eigenvalue weighted by Gasteiger charge is 2.13. The summed E-state index contributed by atoms with van der Waals surface area (Å²) in [5.41, 5.74) is 9.36. The summed E-state index contributed by atoms with van der Waals surface area (Å²) in [4.78, 5) is 4.43. The maximum Gasteiger partial charge on any atom is 0.228 e. The first kappa shape index (κ1) is 13.5. The average molecular weight is 279 g/mol. The summed E-state index contributed by atoms with van der Waals surface area (Å²) in [6, 6.07) is 17.8. The van der Waals surface area contributed by atoms with Gasteiger partial charge in [0, 0.05) is 18.0 Å². The van der Waals surface area contributed by atoms with E-state index in [0.29, 0.717) is 18.1 Å². The van der Waals surface area contributed by atoms with E-state index in [1.165, 1.54) is 5.56 Å². The average Bonchev–Trinajstić information content (AvgIpc) is 2.97. The molecule has 2 N–H and O–H groups in total. The highest BCUT2D eigenvalue weighted by Crippen LogP contribution is 2.19. The molecule has 0 fully saturated rings. The van der Waals surface area contributed by atoms with Crippen LogP contribution in [0.25, 0.3) is 11.4 Å². The lowest BCUT2D eigenvalue weighted by molar-refractivity contribution is 0.370. The summed E-state index contributed by atoms with van der Waals surface area (Å²) in [5.74, 6) is 1.16. The fraction of sp³-hybridized carbons (Fsp3) is 0.176. The molecule has 106 valence electrons. The molecule has 0 saturated heterocycles. The van der Waals surface area contributed by atoms with Gasteiger partial charge in [-0.25, -0.2) is 0 Å². The monoisotopic (exact) mass is 279 g/mol. The summed E-state index contributed by atoms with van der Waals surface area (Å²) < 4.78 is 5.31. The number of nitrogens with zero attached hydrogens (tertiary/aromatic N) is 2. The molecule has 0 saturated carbocycles. The van der Waals surface area contributed by atoms with Gasteiger partial charge in [0.25, 0.3) is 0 Å². The minimum Gasteiger partial charge on any atom is -0.339 e. The van der Waals surface area contributed by atoms with Gasteiger partial charge in [0.2, 0.25) is 11.7 Å². The molecule has 21 heavy (non-hydrogen) atoms. The van der Waals surface area contributed by atoms with Crippen LogP contribution in [0.15, 0.2) is 59.1 Å². The molecule has 2 aromatic carbocycles. The summed E-state index contributed by atoms with van der Waals surface area (Å²) in [7, 11) is 0. The third-order valence-corrected chi connectivity index (χ3v) is 3.37. The second-order valence-corrected chi connectivity index (χ2v) is 5.10. The Balaban J connectivity index is 1.76. The minimum atomic E-state index is -0.142. The normalized spacial score (nSPS) is 12.3. The Bertz CT molecular complexity index is 722. The largest absolute Gasteiger partial charge is 0.339 e. The highest BCUT2D eigenvalue weighted by atomic mass is 16.5. The number of aromatic nitrogens is 2. The lowest BCUT2D eigenvalue weighted by Gasteiger charge is -2.08. The molecule has 1 aromatic heterocycles. The smallest absolute Gasteiger partial charge is 0.228 e. The van der Waals surface area contributed by atoms with Gasteiger partial charge in [-0.15, -0.1) is 0 Å². The number of hydrogen-bond acceptors (Lipinski definition) is 4. The Labute approximate surface area is 123 Å². The Morgan fingerprint density at radius 3 is 2.67 bits per heavy atom. The van der Waals surface area contributed by atoms with E-state index in [-0.39, 0.29) is 6.04 Å². The quantitative estimate of drug-likeness (QED) is 0.796. The van der Waals surface area contributed by atoms with E-state index >= 15 is 0 Å². The molecular formula is C17H17N3O. The minimum absolute atomic E-state index is 0.142. The van der Waals surface area contributed by atoms with Crippen LogP contribution in [0.2, 0.25) is 0 Å². The molecule has 4 nitrogen and oxygen atoms in total. The van der Waals surface area contributed by atoms with E-state index in [2.05, 4.69) is 10.1 Å². The van der Waals surface area contributed by atoms with Gasteiger partial charge >= 0.3 is 0 Å². The van der Waals surface area contributed by atoms with Gasteiger partial charge in [-0.2, -0.15) is 4.98 Å². The molecule has 0 aliphatic heterocycles. The van der Waals surface area contributed by atoms with E-state index in [1.807, 2.05) is 61.5 Å². The van der Waals surface area contributed by atoms with Crippen LogP contribution in [0, 0.1) is 6.92 Å². The zero-order valence-corrected chi connectivity index (χ0v) is 11.9. The fourth-order valence-electron chi connectivity index (χ4n) is 2.25. The predicted octanol–water partition coefficient (Wildman–Crippen LogP) is 3.29. The Morgan fingerprint density at radius 2 is 1.90 bits per heavy atom. The van der Waals surface area contributed by atoms with Gasteiger partial charge in [0.15, 0.2) is 0 Å². The van der Waals surface area contributed by atoms with Crippen LogP contribution in [0.1, 0.15) is 23.1 Å². The van der Waals surface area contributed by atoms with Crippen LogP contribution in [0.3, 0.4) is 0 Å². The van der Waals surface area contributed by atoms with Crippen LogP contribution in [0.4, 0.5) is 0 Å². The molecule has 0 radical (unpaired) electrons. The second-order valence-electron chi connectivity index (χ2n) is 5.10. The number of benzene rings is 2. The second kappa shape index (κ2) is 5.89. The molecule has 1 atom stereocenters. The van der Waals surface area contributed by atoms with Crippen LogP contribution in [-0.2, 0) is 6.42 Å². The van der Waals surface area contributed by atoms with Gasteiger partial charge in [0.1, 0.15) is 0 Å². The third kappa shape index (κ3) is 3.17. The van der Waals surface area contributed by atoms with Crippen molar-refractivity contribution in [1.82, 2.24) is 10.1 Å². The number of nitrogens with two attached hydrogens (primary N) is 1. The van der Waals surface area contributed by atoms with Crippen molar-refractivity contribution < 1.29 is 4.52 Å². The van der Waals surface area contributed by atoms with Gasteiger partial charge in [-0.05, 0) is 18.6 Å². The maximum absolute atomic E-state index is 6.17. The van der Waals surface area contributed by atoms with Crippen molar-refractivity contribution in [2.45, 2.75) is 19.4 Å². The Hall–Kier alpha value is -2.46. The molecule has 1 unspecified atom stereocenters. The Kier molecular flexibility index (Phi) is 3.79. The first-order valence-electron chi connectivity index (χ1n) is 6.92. The number of rotatable bonds is 4. The van der Waals surface area contributed by atoms with Crippen LogP contribution >= 0.6 is 0 Å². The van der Waals surface area contributed by atoms with Gasteiger partial charge in [-0.1, -0.05) is 59.3 Å². The molecule has 0 bridgehead atoms. The fourth-order valence-corrected chi connectivity index (χ4v) is 2.25. The Morgan fingerprint density at radius 1 is 1.10 bits per heavy atom. The van der Waals surface area contributed by atoms with Crippen molar-refractivity contribution in [3.8, 4) is 11.4 Å². The molecule has 1 heterocycles. The molecule has 4 heteroatoms. The van der Waals surface area contributed by atoms with Crippen molar-refractivity contribution in [3.63, 3.8) is 0 Å². The molecule has 3 aromatic rings. The summed E-state index contributed by atoms with van der Waals surface area (Å²) in [6.45, 7) is 2.04. The number of hydrogen-bond donors (Lipinski definition) is 1.